The van der Waals surface area contributed by atoms with Crippen LogP contribution in [0.1, 0.15) is 37.1 Å². The number of carbonyl (C=O) groups is 4. The van der Waals surface area contributed by atoms with Crippen molar-refractivity contribution in [2.45, 2.75) is 63.7 Å². The SMILES string of the molecule is CCC(C)C(NC(=O)C(Cc1cnc[nH]1)NC(=O)C(Cc1ccccc1)NC(=O)C(N)Cc1ccccc1)C(=O)O. The molecule has 11 nitrogen and oxygen atoms in total. The fraction of sp³-hybridized carbons (Fsp3) is 0.367. The highest BCUT2D eigenvalue weighted by Crippen LogP contribution is 2.11. The van der Waals surface area contributed by atoms with E-state index < -0.39 is 47.9 Å². The summed E-state index contributed by atoms with van der Waals surface area (Å²) in [5.41, 5.74) is 8.42. The second-order valence-electron chi connectivity index (χ2n) is 10.1. The molecule has 3 rings (SSSR count). The molecule has 2 aromatic carbocycles. The van der Waals surface area contributed by atoms with Gasteiger partial charge in [-0.05, 0) is 23.5 Å². The van der Waals surface area contributed by atoms with Gasteiger partial charge < -0.3 is 31.8 Å². The molecule has 0 bridgehead atoms. The summed E-state index contributed by atoms with van der Waals surface area (Å²) in [5.74, 6) is -3.28. The molecule has 0 aliphatic rings. The Morgan fingerprint density at radius 3 is 1.90 bits per heavy atom. The number of nitrogens with one attached hydrogen (secondary N) is 4. The minimum absolute atomic E-state index is 0.0317. The molecule has 0 saturated heterocycles. The first kappa shape index (κ1) is 31.0. The minimum atomic E-state index is -1.17. The average Bonchev–Trinajstić information content (AvgIpc) is 3.48. The molecule has 1 heterocycles. The van der Waals surface area contributed by atoms with Gasteiger partial charge in [0.25, 0.3) is 0 Å². The first-order chi connectivity index (χ1) is 19.7. The van der Waals surface area contributed by atoms with Crippen LogP contribution in [0.4, 0.5) is 0 Å². The van der Waals surface area contributed by atoms with E-state index in [9.17, 15) is 24.3 Å². The Balaban J connectivity index is 1.80. The smallest absolute Gasteiger partial charge is 0.326 e. The molecular formula is C30H38N6O5. The quantitative estimate of drug-likeness (QED) is 0.162. The van der Waals surface area contributed by atoms with Crippen molar-refractivity contribution in [3.05, 3.63) is 90.0 Å². The largest absolute Gasteiger partial charge is 0.480 e. The van der Waals surface area contributed by atoms with E-state index in [0.717, 1.165) is 11.1 Å². The lowest BCUT2D eigenvalue weighted by molar-refractivity contribution is -0.143. The number of carboxylic acid groups (broad SMARTS) is 1. The van der Waals surface area contributed by atoms with Crippen molar-refractivity contribution >= 4 is 23.7 Å². The van der Waals surface area contributed by atoms with Gasteiger partial charge in [0, 0.05) is 24.7 Å². The van der Waals surface area contributed by atoms with E-state index in [1.807, 2.05) is 67.6 Å². The first-order valence-electron chi connectivity index (χ1n) is 13.6. The van der Waals surface area contributed by atoms with Gasteiger partial charge in [-0.25, -0.2) is 9.78 Å². The minimum Gasteiger partial charge on any atom is -0.480 e. The Morgan fingerprint density at radius 2 is 1.37 bits per heavy atom. The van der Waals surface area contributed by atoms with Crippen molar-refractivity contribution in [2.24, 2.45) is 11.7 Å². The van der Waals surface area contributed by atoms with Crippen LogP contribution in [-0.4, -0.2) is 62.9 Å². The lowest BCUT2D eigenvalue weighted by atomic mass is 9.98. The molecule has 0 saturated carbocycles. The molecule has 3 aromatic rings. The molecule has 0 aliphatic carbocycles. The van der Waals surface area contributed by atoms with Gasteiger partial charge in [-0.3, -0.25) is 14.4 Å². The summed E-state index contributed by atoms with van der Waals surface area (Å²) in [4.78, 5) is 58.7. The van der Waals surface area contributed by atoms with Gasteiger partial charge in [0.1, 0.15) is 18.1 Å². The molecule has 218 valence electrons. The van der Waals surface area contributed by atoms with Crippen molar-refractivity contribution in [1.29, 1.82) is 0 Å². The van der Waals surface area contributed by atoms with Gasteiger partial charge in [-0.2, -0.15) is 0 Å². The van der Waals surface area contributed by atoms with Crippen molar-refractivity contribution in [3.8, 4) is 0 Å². The Bertz CT molecular complexity index is 1270. The van der Waals surface area contributed by atoms with Gasteiger partial charge in [0.15, 0.2) is 0 Å². The van der Waals surface area contributed by atoms with Gasteiger partial charge >= 0.3 is 5.97 Å². The fourth-order valence-electron chi connectivity index (χ4n) is 4.33. The van der Waals surface area contributed by atoms with E-state index in [-0.39, 0.29) is 25.2 Å². The number of nitrogens with two attached hydrogens (primary N) is 1. The number of aromatic amines is 1. The maximum atomic E-state index is 13.6. The van der Waals surface area contributed by atoms with Crippen molar-refractivity contribution < 1.29 is 24.3 Å². The number of aromatic nitrogens is 2. The van der Waals surface area contributed by atoms with E-state index in [1.165, 1.54) is 12.5 Å². The molecule has 1 aromatic heterocycles. The predicted octanol–water partition coefficient (Wildman–Crippen LogP) is 1.35. The standard InChI is InChI=1S/C30H38N6O5/c1-3-19(2)26(30(40)41)36-29(39)25(16-22-17-32-18-33-22)35-28(38)24(15-21-12-8-5-9-13-21)34-27(37)23(31)14-20-10-6-4-7-11-20/h4-13,17-19,23-26H,3,14-16,31H2,1-2H3,(H,32,33)(H,34,37)(H,35,38)(H,36,39)(H,40,41). The number of carboxylic acids is 1. The number of amides is 3. The third-order valence-corrected chi connectivity index (χ3v) is 6.94. The summed E-state index contributed by atoms with van der Waals surface area (Å²) in [6.45, 7) is 3.56. The van der Waals surface area contributed by atoms with Crippen molar-refractivity contribution in [1.82, 2.24) is 25.9 Å². The zero-order valence-electron chi connectivity index (χ0n) is 23.2. The fourth-order valence-corrected chi connectivity index (χ4v) is 4.33. The Labute approximate surface area is 239 Å². The number of rotatable bonds is 15. The normalized spacial score (nSPS) is 14.6. The second-order valence-corrected chi connectivity index (χ2v) is 10.1. The average molecular weight is 563 g/mol. The summed E-state index contributed by atoms with van der Waals surface area (Å²) in [6, 6.07) is 14.2. The van der Waals surface area contributed by atoms with Crippen LogP contribution in [0.2, 0.25) is 0 Å². The number of aliphatic carboxylic acids is 1. The highest BCUT2D eigenvalue weighted by Gasteiger charge is 2.32. The van der Waals surface area contributed by atoms with E-state index in [4.69, 9.17) is 5.73 Å². The highest BCUT2D eigenvalue weighted by atomic mass is 16.4. The molecule has 7 N–H and O–H groups in total. The summed E-state index contributed by atoms with van der Waals surface area (Å²) in [7, 11) is 0. The lowest BCUT2D eigenvalue weighted by Gasteiger charge is -2.26. The van der Waals surface area contributed by atoms with E-state index in [1.54, 1.807) is 6.92 Å². The number of hydrogen-bond donors (Lipinski definition) is 6. The topological polar surface area (TPSA) is 179 Å². The zero-order chi connectivity index (χ0) is 29.8. The predicted molar refractivity (Wildman–Crippen MR) is 153 cm³/mol. The van der Waals surface area contributed by atoms with Crippen LogP contribution in [0.25, 0.3) is 0 Å². The molecule has 5 unspecified atom stereocenters. The van der Waals surface area contributed by atoms with Gasteiger partial charge in [0.05, 0.1) is 12.4 Å². The summed E-state index contributed by atoms with van der Waals surface area (Å²) in [6.07, 6.45) is 3.95. The maximum absolute atomic E-state index is 13.6. The Hall–Kier alpha value is -4.51. The van der Waals surface area contributed by atoms with Crippen LogP contribution in [0.15, 0.2) is 73.2 Å². The molecule has 11 heteroatoms. The number of H-pyrrole nitrogens is 1. The third-order valence-electron chi connectivity index (χ3n) is 6.94. The molecular weight excluding hydrogens is 524 g/mol. The summed E-state index contributed by atoms with van der Waals surface area (Å²) in [5, 5.41) is 17.7. The lowest BCUT2D eigenvalue weighted by Crippen LogP contribution is -2.58. The number of hydrogen-bond acceptors (Lipinski definition) is 6. The Kier molecular flexibility index (Phi) is 11.6. The number of carbonyl (C=O) groups excluding carboxylic acids is 3. The van der Waals surface area contributed by atoms with E-state index in [2.05, 4.69) is 25.9 Å². The molecule has 0 aliphatic heterocycles. The molecule has 3 amide bonds. The van der Waals surface area contributed by atoms with Crippen LogP contribution >= 0.6 is 0 Å². The molecule has 0 radical (unpaired) electrons. The van der Waals surface area contributed by atoms with Crippen LogP contribution in [0.3, 0.4) is 0 Å². The third kappa shape index (κ3) is 9.57. The molecule has 0 fully saturated rings. The van der Waals surface area contributed by atoms with Crippen LogP contribution in [-0.2, 0) is 38.4 Å². The number of benzene rings is 2. The van der Waals surface area contributed by atoms with Gasteiger partial charge in [-0.15, -0.1) is 0 Å². The summed E-state index contributed by atoms with van der Waals surface area (Å²) >= 11 is 0. The second kappa shape index (κ2) is 15.3. The highest BCUT2D eigenvalue weighted by molar-refractivity contribution is 5.94. The molecule has 5 atom stereocenters. The maximum Gasteiger partial charge on any atom is 0.326 e. The van der Waals surface area contributed by atoms with Crippen molar-refractivity contribution in [3.63, 3.8) is 0 Å². The van der Waals surface area contributed by atoms with Crippen LogP contribution in [0, 0.1) is 5.92 Å². The van der Waals surface area contributed by atoms with Crippen LogP contribution < -0.4 is 21.7 Å². The van der Waals surface area contributed by atoms with Crippen LogP contribution in [0.5, 0.6) is 0 Å². The number of imidazole rings is 1. The van der Waals surface area contributed by atoms with E-state index >= 15 is 0 Å². The zero-order valence-corrected chi connectivity index (χ0v) is 23.2. The van der Waals surface area contributed by atoms with Crippen molar-refractivity contribution in [2.75, 3.05) is 0 Å². The van der Waals surface area contributed by atoms with Gasteiger partial charge in [-0.1, -0.05) is 80.9 Å². The van der Waals surface area contributed by atoms with E-state index in [0.29, 0.717) is 12.1 Å². The number of nitrogens with zero attached hydrogens (tertiary/aromatic N) is 1. The molecule has 41 heavy (non-hydrogen) atoms. The Morgan fingerprint density at radius 1 is 0.829 bits per heavy atom. The monoisotopic (exact) mass is 562 g/mol. The molecule has 0 spiro atoms. The van der Waals surface area contributed by atoms with Gasteiger partial charge in [0.2, 0.25) is 17.7 Å². The summed E-state index contributed by atoms with van der Waals surface area (Å²) < 4.78 is 0. The first-order valence-corrected chi connectivity index (χ1v) is 13.6.